The Bertz CT molecular complexity index is 5430. The van der Waals surface area contributed by atoms with Crippen molar-refractivity contribution in [3.05, 3.63) is 430 Å². The van der Waals surface area contributed by atoms with E-state index in [1.807, 2.05) is 206 Å². The van der Waals surface area contributed by atoms with Crippen molar-refractivity contribution in [3.63, 3.8) is 0 Å². The van der Waals surface area contributed by atoms with Crippen molar-refractivity contribution in [2.24, 2.45) is 0 Å². The van der Waals surface area contributed by atoms with Crippen molar-refractivity contribution in [1.29, 1.82) is 0 Å². The van der Waals surface area contributed by atoms with Crippen molar-refractivity contribution in [3.8, 4) is 63.2 Å². The van der Waals surface area contributed by atoms with Gasteiger partial charge in [0.25, 0.3) is 0 Å². The Morgan fingerprint density at radius 3 is 0.426 bits per heavy atom. The number of ether oxygens (including phenoxy) is 11. The summed E-state index contributed by atoms with van der Waals surface area (Å²) < 4.78 is 68.7. The van der Waals surface area contributed by atoms with Crippen LogP contribution in [0, 0.1) is 0 Å². The lowest BCUT2D eigenvalue weighted by Crippen LogP contribution is -2.03. The van der Waals surface area contributed by atoms with E-state index >= 15 is 0 Å². The van der Waals surface area contributed by atoms with E-state index in [4.69, 9.17) is 238 Å². The predicted molar refractivity (Wildman–Crippen MR) is 622 cm³/mol. The van der Waals surface area contributed by atoms with Gasteiger partial charge in [-0.3, -0.25) is 0 Å². The van der Waals surface area contributed by atoms with Crippen molar-refractivity contribution >= 4 is 186 Å². The van der Waals surface area contributed by atoms with Crippen molar-refractivity contribution in [1.82, 2.24) is 0 Å². The monoisotopic (exact) mass is 2310 g/mol. The fourth-order valence-corrected chi connectivity index (χ4v) is 18.4. The standard InChI is InChI=1S/C60H60Cl8O6.C53H50Cl8O5.C8H12/c61-31-43-13-44(32-62)20-57(19-43)71-39-51-17-52(40-72-58-21-45(33-63)14-46(22-58)34-64)28-55(27-51)69-11-9-7-5-3-1-2-4-6-8-10-12-70-56-29-53(41-73-59-23-47(35-65)15-48(24-59)36-66)18-54(30-56)42-74-60-25-49(37-67)16-50(26-60)38-68;54-25-38-7-36(8-39(10-38)26-55)3-4-37-9-46(33-64-51-16-40(27-56)11-41(17-51)28-57)22-49(15-37)62-5-1-2-6-63-50-23-47(34-65-52-18-42(29-58)12-43(19-52)30-59)14-48(24-50)35-66-53-20-44(31-60)13-45(21-53)32-61;1-2-4-6-8-7-5-3-1/h1-2,7-10,13-30H,3-6,11-12,31-42H2;1-2,7-24H,3-6,25-35H2;1-2,7-8H,3-6H2/b;2-1-;2-1-,8-7?. The van der Waals surface area contributed by atoms with E-state index in [-0.39, 0.29) is 13.2 Å². The minimum Gasteiger partial charge on any atom is -0.490 e. The van der Waals surface area contributed by atoms with Gasteiger partial charge >= 0.3 is 0 Å². The van der Waals surface area contributed by atoms with Crippen LogP contribution in [0.5, 0.6) is 63.2 Å². The molecule has 0 saturated heterocycles. The molecule has 1 aliphatic rings. The average molecular weight is 2320 g/mol. The summed E-state index contributed by atoms with van der Waals surface area (Å²) in [6.45, 7) is 3.63. The van der Waals surface area contributed by atoms with Crippen molar-refractivity contribution < 1.29 is 52.1 Å². The zero-order valence-electron chi connectivity index (χ0n) is 82.4. The van der Waals surface area contributed by atoms with Gasteiger partial charge in [-0.2, -0.15) is 0 Å². The second-order valence-electron chi connectivity index (χ2n) is 35.0. The van der Waals surface area contributed by atoms with Crippen LogP contribution < -0.4 is 52.1 Å². The molecule has 0 unspecified atom stereocenters. The molecule has 0 N–H and O–H groups in total. The van der Waals surface area contributed by atoms with Gasteiger partial charge in [0.2, 0.25) is 0 Å². The number of hydrogen-bond donors (Lipinski definition) is 0. The van der Waals surface area contributed by atoms with Gasteiger partial charge < -0.3 is 52.1 Å². The Balaban J connectivity index is 0.000000262. The highest BCUT2D eigenvalue weighted by Crippen LogP contribution is 2.34. The third-order valence-corrected chi connectivity index (χ3v) is 27.7. The summed E-state index contributed by atoms with van der Waals surface area (Å²) in [5.41, 5.74) is 24.1. The zero-order valence-corrected chi connectivity index (χ0v) is 94.5. The lowest BCUT2D eigenvalue weighted by Gasteiger charge is -2.14. The molecule has 0 radical (unpaired) electrons. The van der Waals surface area contributed by atoms with Gasteiger partial charge in [-0.25, -0.2) is 0 Å². The van der Waals surface area contributed by atoms with E-state index < -0.39 is 0 Å². The van der Waals surface area contributed by atoms with E-state index in [0.29, 0.717) is 211 Å². The molecule has 148 heavy (non-hydrogen) atoms. The van der Waals surface area contributed by atoms with Crippen LogP contribution in [0.15, 0.2) is 291 Å². The Hall–Kier alpha value is -8.48. The van der Waals surface area contributed by atoms with E-state index in [2.05, 4.69) is 85.0 Å². The molecule has 11 nitrogen and oxygen atoms in total. The third-order valence-electron chi connectivity index (χ3n) is 22.8. The van der Waals surface area contributed by atoms with E-state index in [0.717, 1.165) is 178 Å². The van der Waals surface area contributed by atoms with E-state index in [1.54, 1.807) is 0 Å². The topological polar surface area (TPSA) is 102 Å². The third kappa shape index (κ3) is 43.9. The number of aryl methyl sites for hydroxylation is 2. The molecule has 0 atom stereocenters. The number of allylic oxidation sites excluding steroid dienone is 8. The first-order chi connectivity index (χ1) is 72.4. The fraction of sp³-hybridized carbons (Fsp3) is 0.306. The first-order valence-corrected chi connectivity index (χ1v) is 57.3. The average Bonchev–Trinajstić information content (AvgIpc) is 0.860. The molecule has 0 spiro atoms. The van der Waals surface area contributed by atoms with Gasteiger partial charge in [-0.1, -0.05) is 127 Å². The summed E-state index contributed by atoms with van der Waals surface area (Å²) in [5, 5.41) is 0. The molecule has 0 fully saturated rings. The number of alkyl halides is 16. The second kappa shape index (κ2) is 68.5. The lowest BCUT2D eigenvalue weighted by molar-refractivity contribution is 0.296. The smallest absolute Gasteiger partial charge is 0.120 e. The van der Waals surface area contributed by atoms with Gasteiger partial charge in [-0.05, 0) is 367 Å². The molecular weight excluding hydrogens is 2200 g/mol. The molecule has 12 aromatic carbocycles. The maximum absolute atomic E-state index is 6.31. The number of unbranched alkanes of at least 4 members (excludes halogenated alkanes) is 2. The molecule has 784 valence electrons. The molecule has 0 bridgehead atoms. The molecule has 0 heterocycles. The SMILES string of the molecule is C1=CCC/C=C\CC1.ClCc1cc(CCl)cc(CCc2cc(COc3cc(CCl)cc(CCl)c3)cc(OC/C=C\COc3cc(COc4cc(CCl)cc(CCl)c4)cc(COc4cc(CCl)cc(CCl)c4)c3)c2)c1.ClCc1cc(CCl)cc(OCc2cc(COc3cc(CCl)cc(CCl)c3)cc(OCC=CCCC=CCCC=CCOc3cc(COc4cc(CCl)cc(CCl)c4)cc(COc4cc(CCl)cc(CCl)c4)c3)c2)c1. The molecule has 0 saturated carbocycles. The van der Waals surface area contributed by atoms with Gasteiger partial charge in [-0.15, -0.1) is 186 Å². The molecule has 0 aliphatic heterocycles. The van der Waals surface area contributed by atoms with E-state index in [1.165, 1.54) is 31.2 Å². The number of halogens is 16. The fourth-order valence-electron chi connectivity index (χ4n) is 15.9. The van der Waals surface area contributed by atoms with Crippen LogP contribution in [0.2, 0.25) is 0 Å². The number of benzene rings is 12. The van der Waals surface area contributed by atoms with Crippen molar-refractivity contribution in [2.45, 2.75) is 205 Å². The molecule has 1 aliphatic carbocycles. The molecular formula is C121H122Cl16O11. The van der Waals surface area contributed by atoms with Crippen LogP contribution in [0.1, 0.15) is 190 Å². The highest BCUT2D eigenvalue weighted by molar-refractivity contribution is 6.21. The maximum atomic E-state index is 6.31. The summed E-state index contributed by atoms with van der Waals surface area (Å²) in [4.78, 5) is 0. The highest BCUT2D eigenvalue weighted by atomic mass is 35.5. The predicted octanol–water partition coefficient (Wildman–Crippen LogP) is 37.4. The van der Waals surface area contributed by atoms with Crippen LogP contribution in [0.4, 0.5) is 0 Å². The maximum Gasteiger partial charge on any atom is 0.120 e. The summed E-state index contributed by atoms with van der Waals surface area (Å²) in [6.07, 6.45) is 35.9. The molecule has 0 aromatic heterocycles. The minimum absolute atomic E-state index is 0.286. The van der Waals surface area contributed by atoms with E-state index in [9.17, 15) is 0 Å². The number of hydrogen-bond acceptors (Lipinski definition) is 11. The molecule has 27 heteroatoms. The lowest BCUT2D eigenvalue weighted by atomic mass is 9.99. The summed E-state index contributed by atoms with van der Waals surface area (Å²) in [5.74, 6) is 13.6. The normalized spacial score (nSPS) is 12.1. The van der Waals surface area contributed by atoms with Crippen LogP contribution >= 0.6 is 186 Å². The van der Waals surface area contributed by atoms with Gasteiger partial charge in [0.15, 0.2) is 0 Å². The Labute approximate surface area is 953 Å². The minimum atomic E-state index is 0.286. The highest BCUT2D eigenvalue weighted by Gasteiger charge is 2.17. The number of rotatable bonds is 58. The first-order valence-electron chi connectivity index (χ1n) is 48.7. The molecule has 0 amide bonds. The Morgan fingerprint density at radius 2 is 0.250 bits per heavy atom. The van der Waals surface area contributed by atoms with Crippen molar-refractivity contribution in [2.75, 3.05) is 26.4 Å². The Morgan fingerprint density at radius 1 is 0.135 bits per heavy atom. The molecule has 13 rings (SSSR count). The largest absolute Gasteiger partial charge is 0.490 e. The second-order valence-corrected chi connectivity index (χ2v) is 39.3. The van der Waals surface area contributed by atoms with Crippen LogP contribution in [-0.4, -0.2) is 26.4 Å². The van der Waals surface area contributed by atoms with Crippen LogP contribution in [0.25, 0.3) is 0 Å². The van der Waals surface area contributed by atoms with Gasteiger partial charge in [0.05, 0.1) is 0 Å². The quantitative estimate of drug-likeness (QED) is 0.0207. The van der Waals surface area contributed by atoms with Gasteiger partial charge in [0, 0.05) is 94.1 Å². The van der Waals surface area contributed by atoms with Gasteiger partial charge in [0.1, 0.15) is 136 Å². The first kappa shape index (κ1) is 120. The summed E-state index contributed by atoms with van der Waals surface area (Å²) in [6, 6.07) is 71.4. The molecule has 12 aromatic rings. The Kier molecular flexibility index (Phi) is 55.4. The van der Waals surface area contributed by atoms with Crippen LogP contribution in [-0.2, 0) is 153 Å². The van der Waals surface area contributed by atoms with Crippen LogP contribution in [0.3, 0.4) is 0 Å². The summed E-state index contributed by atoms with van der Waals surface area (Å²) >= 11 is 98.5. The summed E-state index contributed by atoms with van der Waals surface area (Å²) in [7, 11) is 0. The zero-order chi connectivity index (χ0) is 105.